The minimum Gasteiger partial charge on any atom is -0.508 e. The lowest BCUT2D eigenvalue weighted by atomic mass is 9.62. The van der Waals surface area contributed by atoms with Gasteiger partial charge in [-0.25, -0.2) is 0 Å². The number of allylic oxidation sites excluding steroid dienone is 1. The monoisotopic (exact) mass is 752 g/mol. The molecule has 12 heteroatoms. The minimum atomic E-state index is -1.45. The van der Waals surface area contributed by atoms with Gasteiger partial charge in [-0.15, -0.1) is 0 Å². The normalized spacial score (nSPS) is 28.1. The molecular formula is C43H48N2O10. The number of hydrogen-bond donors (Lipinski definition) is 3. The molecular weight excluding hydrogens is 704 g/mol. The summed E-state index contributed by atoms with van der Waals surface area (Å²) in [6, 6.07) is 21.2. The Kier molecular flexibility index (Phi) is 9.83. The quantitative estimate of drug-likeness (QED) is 0.240. The van der Waals surface area contributed by atoms with Gasteiger partial charge < -0.3 is 34.5 Å². The van der Waals surface area contributed by atoms with E-state index in [0.29, 0.717) is 19.3 Å². The van der Waals surface area contributed by atoms with Crippen LogP contribution in [0.4, 0.5) is 0 Å². The van der Waals surface area contributed by atoms with Crippen molar-refractivity contribution in [2.24, 2.45) is 5.41 Å². The van der Waals surface area contributed by atoms with E-state index in [0.717, 1.165) is 27.8 Å². The van der Waals surface area contributed by atoms with Gasteiger partial charge in [-0.2, -0.15) is 5.06 Å². The van der Waals surface area contributed by atoms with Gasteiger partial charge in [-0.1, -0.05) is 78.9 Å². The van der Waals surface area contributed by atoms with Crippen molar-refractivity contribution in [3.05, 3.63) is 107 Å². The second-order valence-corrected chi connectivity index (χ2v) is 16.4. The molecule has 2 aliphatic carbocycles. The number of aliphatic hydroxyl groups is 1. The predicted octanol–water partition coefficient (Wildman–Crippen LogP) is 4.33. The number of hydrogen-bond acceptors (Lipinski definition) is 11. The molecule has 7 unspecified atom stereocenters. The summed E-state index contributed by atoms with van der Waals surface area (Å²) in [5.41, 5.74) is 2.67. The number of phenols is 1. The Morgan fingerprint density at radius 2 is 1.75 bits per heavy atom. The number of fused-ring (bicyclic) bond motifs is 5. The van der Waals surface area contributed by atoms with Crippen LogP contribution in [0, 0.1) is 5.41 Å². The summed E-state index contributed by atoms with van der Waals surface area (Å²) in [6.07, 6.45) is 2.67. The van der Waals surface area contributed by atoms with Crippen LogP contribution in [0.5, 0.6) is 5.75 Å². The van der Waals surface area contributed by atoms with Crippen LogP contribution < -0.4 is 5.32 Å². The highest BCUT2D eigenvalue weighted by atomic mass is 16.8. The molecule has 4 fully saturated rings. The fraction of sp³-hybridized carbons (Fsp3) is 0.465. The van der Waals surface area contributed by atoms with Crippen molar-refractivity contribution in [1.82, 2.24) is 10.4 Å². The minimum absolute atomic E-state index is 0.0159. The Morgan fingerprint density at radius 1 is 1.02 bits per heavy atom. The molecule has 290 valence electrons. The summed E-state index contributed by atoms with van der Waals surface area (Å²) in [5.74, 6) is -2.27. The highest BCUT2D eigenvalue weighted by Crippen LogP contribution is 2.58. The third-order valence-corrected chi connectivity index (χ3v) is 11.3. The Balaban J connectivity index is 1.07. The molecule has 3 saturated heterocycles. The summed E-state index contributed by atoms with van der Waals surface area (Å²) in [5, 5.41) is 25.1. The highest BCUT2D eigenvalue weighted by Gasteiger charge is 2.76. The largest absolute Gasteiger partial charge is 0.508 e. The number of hydroxylamine groups is 2. The van der Waals surface area contributed by atoms with Gasteiger partial charge in [0.25, 0.3) is 0 Å². The van der Waals surface area contributed by atoms with Crippen molar-refractivity contribution in [3.8, 4) is 5.75 Å². The molecule has 1 saturated carbocycles. The molecule has 1 amide bonds. The molecule has 5 aliphatic rings. The fourth-order valence-electron chi connectivity index (χ4n) is 8.95. The first kappa shape index (κ1) is 37.3. The van der Waals surface area contributed by atoms with Crippen molar-refractivity contribution in [3.63, 3.8) is 0 Å². The van der Waals surface area contributed by atoms with Crippen molar-refractivity contribution >= 4 is 23.9 Å². The Hall–Kier alpha value is -4.59. The maximum Gasteiger partial charge on any atom is 0.327 e. The van der Waals surface area contributed by atoms with E-state index < -0.39 is 77.8 Å². The van der Waals surface area contributed by atoms with Gasteiger partial charge in [-0.3, -0.25) is 19.2 Å². The first-order chi connectivity index (χ1) is 26.4. The third-order valence-electron chi connectivity index (χ3n) is 11.3. The van der Waals surface area contributed by atoms with Crippen LogP contribution in [-0.2, 0) is 64.0 Å². The van der Waals surface area contributed by atoms with Gasteiger partial charge in [0.2, 0.25) is 5.91 Å². The molecule has 3 aliphatic heterocycles. The van der Waals surface area contributed by atoms with Crippen molar-refractivity contribution < 1.29 is 48.4 Å². The van der Waals surface area contributed by atoms with Gasteiger partial charge in [0.1, 0.15) is 41.2 Å². The zero-order valence-corrected chi connectivity index (χ0v) is 31.3. The average molecular weight is 753 g/mol. The number of ether oxygens (including phenoxy) is 4. The topological polar surface area (TPSA) is 153 Å². The molecule has 3 aromatic carbocycles. The molecule has 7 atom stereocenters. The highest BCUT2D eigenvalue weighted by molar-refractivity contribution is 5.94. The Labute approximate surface area is 320 Å². The van der Waals surface area contributed by atoms with Gasteiger partial charge in [0.15, 0.2) is 11.8 Å². The second kappa shape index (κ2) is 14.5. The van der Waals surface area contributed by atoms with Crippen LogP contribution in [0.2, 0.25) is 0 Å². The number of benzene rings is 3. The van der Waals surface area contributed by atoms with Crippen molar-refractivity contribution in [2.45, 2.75) is 114 Å². The van der Waals surface area contributed by atoms with Gasteiger partial charge >= 0.3 is 11.9 Å². The number of aliphatic hydroxyl groups excluding tert-OH is 1. The van der Waals surface area contributed by atoms with Crippen molar-refractivity contribution in [2.75, 3.05) is 6.61 Å². The molecule has 3 heterocycles. The average Bonchev–Trinajstić information content (AvgIpc) is 3.81. The standard InChI is InChI=1S/C43H48N2O10/c1-41(2,3)52-34(48)19-18-31(25-46)44-40(50)43-23-33-35-36(54-42(53-35)21-29-14-4-5-15-30(29)22-42)38(43)55-45(37(43)39(49)51-33)24-27-12-8-10-26(20-27)11-9-16-28-13-6-7-17-32(28)47/h4-15,17,20,31,33,35-38,46-47H,16,18-19,21-25H2,1-3H3,(H,44,50). The summed E-state index contributed by atoms with van der Waals surface area (Å²) in [7, 11) is 0. The predicted molar refractivity (Wildman–Crippen MR) is 199 cm³/mol. The lowest BCUT2D eigenvalue weighted by molar-refractivity contribution is -0.217. The van der Waals surface area contributed by atoms with Crippen LogP contribution in [0.1, 0.15) is 67.9 Å². The van der Waals surface area contributed by atoms with E-state index >= 15 is 0 Å². The van der Waals surface area contributed by atoms with Gasteiger partial charge in [0.05, 0.1) is 19.2 Å². The summed E-state index contributed by atoms with van der Waals surface area (Å²) in [4.78, 5) is 48.2. The molecule has 3 aromatic rings. The van der Waals surface area contributed by atoms with Crippen LogP contribution in [-0.4, -0.2) is 87.6 Å². The first-order valence-corrected chi connectivity index (χ1v) is 19.1. The molecule has 0 radical (unpaired) electrons. The van der Waals surface area contributed by atoms with Gasteiger partial charge in [-0.05, 0) is 67.5 Å². The fourth-order valence-corrected chi connectivity index (χ4v) is 8.95. The van der Waals surface area contributed by atoms with Crippen LogP contribution in [0.15, 0.2) is 78.9 Å². The maximum absolute atomic E-state index is 14.8. The number of esters is 2. The Bertz CT molecular complexity index is 1970. The zero-order chi connectivity index (χ0) is 38.5. The Morgan fingerprint density at radius 3 is 2.47 bits per heavy atom. The maximum atomic E-state index is 14.8. The number of phenolic OH excluding ortho intramolecular Hbond substituents is 1. The summed E-state index contributed by atoms with van der Waals surface area (Å²) in [6.45, 7) is 5.07. The summed E-state index contributed by atoms with van der Waals surface area (Å²) < 4.78 is 25.1. The number of nitrogens with zero attached hydrogens (tertiary/aromatic N) is 1. The van der Waals surface area contributed by atoms with E-state index in [1.165, 1.54) is 0 Å². The van der Waals surface area contributed by atoms with E-state index in [-0.39, 0.29) is 31.6 Å². The number of carbonyl (C=O) groups excluding carboxylic acids is 3. The number of aromatic hydroxyl groups is 1. The molecule has 3 N–H and O–H groups in total. The van der Waals surface area contributed by atoms with E-state index in [4.69, 9.17) is 23.8 Å². The second-order valence-electron chi connectivity index (χ2n) is 16.4. The van der Waals surface area contributed by atoms with E-state index in [2.05, 4.69) is 17.4 Å². The van der Waals surface area contributed by atoms with Crippen LogP contribution in [0.25, 0.3) is 6.08 Å². The number of amides is 1. The van der Waals surface area contributed by atoms with Crippen LogP contribution in [0.3, 0.4) is 0 Å². The number of carbonyl (C=O) groups is 3. The van der Waals surface area contributed by atoms with E-state index in [1.54, 1.807) is 38.0 Å². The lowest BCUT2D eigenvalue weighted by Gasteiger charge is -2.49. The smallest absolute Gasteiger partial charge is 0.327 e. The van der Waals surface area contributed by atoms with E-state index in [1.807, 2.05) is 60.7 Å². The zero-order valence-electron chi connectivity index (χ0n) is 31.3. The SMILES string of the molecule is CC(C)(C)OC(=O)CCC(CO)NC(=O)C12CC3OC(=O)C1N(Cc1cccc(C=CCc4ccccc4O)c1)OC2C1OC2(Cc4ccccc4C2)OC31. The van der Waals surface area contributed by atoms with Crippen LogP contribution >= 0.6 is 0 Å². The van der Waals surface area contributed by atoms with E-state index in [9.17, 15) is 24.6 Å². The molecule has 1 spiro atoms. The summed E-state index contributed by atoms with van der Waals surface area (Å²) >= 11 is 0. The van der Waals surface area contributed by atoms with Gasteiger partial charge in [0, 0.05) is 25.7 Å². The molecule has 2 bridgehead atoms. The molecule has 12 nitrogen and oxygen atoms in total. The van der Waals surface area contributed by atoms with Crippen molar-refractivity contribution in [1.29, 1.82) is 0 Å². The first-order valence-electron chi connectivity index (χ1n) is 19.1. The molecule has 0 aromatic heterocycles. The number of nitrogens with one attached hydrogen (secondary N) is 1. The number of para-hydroxylation sites is 1. The molecule has 55 heavy (non-hydrogen) atoms. The third kappa shape index (κ3) is 7.18. The molecule has 8 rings (SSSR count). The lowest BCUT2D eigenvalue weighted by Crippen LogP contribution is -2.70. The number of rotatable bonds is 11.